The van der Waals surface area contributed by atoms with Gasteiger partial charge in [-0.25, -0.2) is 27.9 Å². The predicted octanol–water partition coefficient (Wildman–Crippen LogP) is 3.05. The molecule has 1 aliphatic heterocycles. The van der Waals surface area contributed by atoms with Crippen molar-refractivity contribution in [2.45, 2.75) is 26.2 Å². The molecule has 192 valence electrons. The topological polar surface area (TPSA) is 126 Å². The molecule has 4 aromatic rings. The van der Waals surface area contributed by atoms with Crippen LogP contribution in [0.25, 0.3) is 16.8 Å². The van der Waals surface area contributed by atoms with E-state index in [4.69, 9.17) is 0 Å². The summed E-state index contributed by atoms with van der Waals surface area (Å²) in [5.74, 6) is 1.13. The molecule has 37 heavy (non-hydrogen) atoms. The largest absolute Gasteiger partial charge is 0.310 e. The van der Waals surface area contributed by atoms with E-state index in [9.17, 15) is 13.2 Å². The number of sulfonamides is 1. The zero-order valence-corrected chi connectivity index (χ0v) is 21.7. The number of hydrogen-bond donors (Lipinski definition) is 1. The maximum Gasteiger partial charge on any atom is 0.228 e. The normalized spacial score (nSPS) is 15.4. The Balaban J connectivity index is 1.32. The Labute approximate surface area is 215 Å². The van der Waals surface area contributed by atoms with Gasteiger partial charge < -0.3 is 10.2 Å². The molecule has 1 aliphatic rings. The number of anilines is 3. The van der Waals surface area contributed by atoms with Crippen LogP contribution in [-0.4, -0.2) is 69.1 Å². The first-order valence-corrected chi connectivity index (χ1v) is 13.8. The van der Waals surface area contributed by atoms with E-state index < -0.39 is 10.0 Å². The van der Waals surface area contributed by atoms with Gasteiger partial charge in [-0.15, -0.1) is 0 Å². The van der Waals surface area contributed by atoms with Crippen LogP contribution in [0.3, 0.4) is 0 Å². The van der Waals surface area contributed by atoms with Crippen molar-refractivity contribution in [2.24, 2.45) is 0 Å². The zero-order valence-electron chi connectivity index (χ0n) is 20.9. The van der Waals surface area contributed by atoms with Crippen LogP contribution in [-0.2, 0) is 14.8 Å². The van der Waals surface area contributed by atoms with Crippen LogP contribution in [0, 0.1) is 0 Å². The third-order valence-corrected chi connectivity index (χ3v) is 7.65. The number of carbonyl (C=O) groups is 1. The Morgan fingerprint density at radius 2 is 1.86 bits per heavy atom. The van der Waals surface area contributed by atoms with Crippen molar-refractivity contribution in [3.63, 3.8) is 0 Å². The van der Waals surface area contributed by atoms with Gasteiger partial charge in [0.2, 0.25) is 21.9 Å². The number of nitrogens with one attached hydrogen (secondary N) is 1. The Hall–Kier alpha value is -3.90. The van der Waals surface area contributed by atoms with Gasteiger partial charge in [0.1, 0.15) is 5.82 Å². The molecule has 0 aliphatic carbocycles. The fourth-order valence-electron chi connectivity index (χ4n) is 4.33. The lowest BCUT2D eigenvalue weighted by molar-refractivity contribution is -0.118. The highest BCUT2D eigenvalue weighted by molar-refractivity contribution is 7.88. The summed E-state index contributed by atoms with van der Waals surface area (Å²) < 4.78 is 26.9. The first-order valence-electron chi connectivity index (χ1n) is 12.0. The second kappa shape index (κ2) is 9.87. The first-order chi connectivity index (χ1) is 17.7. The summed E-state index contributed by atoms with van der Waals surface area (Å²) in [5, 5.41) is 7.54. The fraction of sp³-hybridized carbons (Fsp3) is 0.320. The van der Waals surface area contributed by atoms with Crippen LogP contribution >= 0.6 is 0 Å². The monoisotopic (exact) mass is 520 g/mol. The molecule has 1 amide bonds. The highest BCUT2D eigenvalue weighted by Gasteiger charge is 2.26. The Morgan fingerprint density at radius 1 is 1.03 bits per heavy atom. The van der Waals surface area contributed by atoms with Crippen molar-refractivity contribution in [1.29, 1.82) is 0 Å². The number of nitrogens with zero attached hydrogens (tertiary/aromatic N) is 7. The smallest absolute Gasteiger partial charge is 0.228 e. The molecular formula is C25H28N8O3S. The van der Waals surface area contributed by atoms with E-state index in [-0.39, 0.29) is 32.0 Å². The van der Waals surface area contributed by atoms with E-state index in [1.807, 2.05) is 29.0 Å². The Kier molecular flexibility index (Phi) is 6.61. The van der Waals surface area contributed by atoms with E-state index in [0.717, 1.165) is 23.0 Å². The summed E-state index contributed by atoms with van der Waals surface area (Å²) in [6, 6.07) is 9.40. The first kappa shape index (κ1) is 24.8. The molecule has 1 fully saturated rings. The maximum atomic E-state index is 12.6. The van der Waals surface area contributed by atoms with E-state index in [2.05, 4.69) is 45.3 Å². The van der Waals surface area contributed by atoms with Crippen LogP contribution in [0.2, 0.25) is 0 Å². The van der Waals surface area contributed by atoms with Crippen LogP contribution < -0.4 is 10.2 Å². The minimum atomic E-state index is -3.35. The van der Waals surface area contributed by atoms with Gasteiger partial charge in [-0.1, -0.05) is 13.8 Å². The zero-order chi connectivity index (χ0) is 26.2. The maximum absolute atomic E-state index is 12.6. The summed E-state index contributed by atoms with van der Waals surface area (Å²) in [4.78, 5) is 27.6. The van der Waals surface area contributed by atoms with Crippen molar-refractivity contribution in [3.8, 4) is 11.3 Å². The van der Waals surface area contributed by atoms with Gasteiger partial charge in [0.25, 0.3) is 0 Å². The Morgan fingerprint density at radius 3 is 2.59 bits per heavy atom. The summed E-state index contributed by atoms with van der Waals surface area (Å²) in [6.07, 6.45) is 8.37. The standard InChI is InChI=1S/C25H28N8O3S/c1-17(2)20-16-28-33-11-7-18(14-22(20)33)21-6-9-26-25(29-21)30-23-5-4-19(15-27-23)32-13-12-31(37(3,35)36)10-8-24(32)34/h4-7,9,11,14-17H,8,10,12-13H2,1-3H3,(H,26,27,29,30). The summed E-state index contributed by atoms with van der Waals surface area (Å²) >= 11 is 0. The van der Waals surface area contributed by atoms with Gasteiger partial charge in [0, 0.05) is 49.6 Å². The van der Waals surface area contributed by atoms with Crippen LogP contribution in [0.15, 0.2) is 55.1 Å². The average molecular weight is 521 g/mol. The molecule has 1 N–H and O–H groups in total. The molecule has 5 heterocycles. The van der Waals surface area contributed by atoms with Gasteiger partial charge in [0.05, 0.1) is 35.5 Å². The summed E-state index contributed by atoms with van der Waals surface area (Å²) in [5.41, 5.74) is 4.53. The summed E-state index contributed by atoms with van der Waals surface area (Å²) in [6.45, 7) is 4.98. The fourth-order valence-corrected chi connectivity index (χ4v) is 5.16. The molecule has 0 radical (unpaired) electrons. The number of carbonyl (C=O) groups excluding carboxylic acids is 1. The number of aromatic nitrogens is 5. The molecule has 0 spiro atoms. The third-order valence-electron chi connectivity index (χ3n) is 6.34. The number of pyridine rings is 2. The van der Waals surface area contributed by atoms with Crippen molar-refractivity contribution in [1.82, 2.24) is 28.9 Å². The number of amides is 1. The van der Waals surface area contributed by atoms with E-state index in [1.54, 1.807) is 29.4 Å². The Bertz CT molecular complexity index is 1550. The van der Waals surface area contributed by atoms with Crippen LogP contribution in [0.5, 0.6) is 0 Å². The van der Waals surface area contributed by atoms with E-state index >= 15 is 0 Å². The SMILES string of the molecule is CC(C)c1cnn2ccc(-c3ccnc(Nc4ccc(N5CCN(S(C)(=O)=O)CCC5=O)cn4)n3)cc12. The highest BCUT2D eigenvalue weighted by atomic mass is 32.2. The molecule has 5 rings (SSSR count). The van der Waals surface area contributed by atoms with Crippen molar-refractivity contribution in [3.05, 3.63) is 60.7 Å². The lowest BCUT2D eigenvalue weighted by atomic mass is 10.0. The molecule has 0 unspecified atom stereocenters. The van der Waals surface area contributed by atoms with Gasteiger partial charge in [-0.3, -0.25) is 4.79 Å². The second-order valence-corrected chi connectivity index (χ2v) is 11.2. The lowest BCUT2D eigenvalue weighted by Crippen LogP contribution is -2.35. The van der Waals surface area contributed by atoms with Gasteiger partial charge in [-0.05, 0) is 36.2 Å². The van der Waals surface area contributed by atoms with Crippen molar-refractivity contribution < 1.29 is 13.2 Å². The summed E-state index contributed by atoms with van der Waals surface area (Å²) in [7, 11) is -3.35. The molecule has 4 aromatic heterocycles. The van der Waals surface area contributed by atoms with Gasteiger partial charge >= 0.3 is 0 Å². The molecular weight excluding hydrogens is 492 g/mol. The molecule has 1 saturated heterocycles. The molecule has 0 saturated carbocycles. The third kappa shape index (κ3) is 5.30. The van der Waals surface area contributed by atoms with Gasteiger partial charge in [-0.2, -0.15) is 9.40 Å². The second-order valence-electron chi connectivity index (χ2n) is 9.25. The van der Waals surface area contributed by atoms with Crippen LogP contribution in [0.4, 0.5) is 17.5 Å². The molecule has 0 bridgehead atoms. The van der Waals surface area contributed by atoms with E-state index in [0.29, 0.717) is 23.4 Å². The van der Waals surface area contributed by atoms with Crippen molar-refractivity contribution in [2.75, 3.05) is 36.1 Å². The molecule has 0 atom stereocenters. The minimum Gasteiger partial charge on any atom is -0.310 e. The molecule has 12 heteroatoms. The lowest BCUT2D eigenvalue weighted by Gasteiger charge is -2.21. The van der Waals surface area contributed by atoms with Crippen molar-refractivity contribution >= 4 is 38.9 Å². The quantitative estimate of drug-likeness (QED) is 0.411. The van der Waals surface area contributed by atoms with Gasteiger partial charge in [0.15, 0.2) is 0 Å². The molecule has 0 aromatic carbocycles. The number of fused-ring (bicyclic) bond motifs is 1. The number of rotatable bonds is 6. The minimum absolute atomic E-state index is 0.122. The van der Waals surface area contributed by atoms with Crippen LogP contribution in [0.1, 0.15) is 31.7 Å². The highest BCUT2D eigenvalue weighted by Crippen LogP contribution is 2.26. The molecule has 11 nitrogen and oxygen atoms in total. The average Bonchev–Trinajstić information content (AvgIpc) is 3.19. The predicted molar refractivity (Wildman–Crippen MR) is 141 cm³/mol. The number of hydrogen-bond acceptors (Lipinski definition) is 8. The van der Waals surface area contributed by atoms with E-state index in [1.165, 1.54) is 9.87 Å².